The van der Waals surface area contributed by atoms with Gasteiger partial charge in [-0.3, -0.25) is 0 Å². The minimum atomic E-state index is -0.349. The van der Waals surface area contributed by atoms with Gasteiger partial charge in [-0.2, -0.15) is 4.98 Å². The van der Waals surface area contributed by atoms with Gasteiger partial charge in [0.25, 0.3) is 0 Å². The molecule has 1 saturated heterocycles. The molecular formula is C19H17FN2O2. The SMILES string of the molecule is Fc1cccc(-c2noc(C3(c4ccccc4)CCOCC3)n2)c1. The van der Waals surface area contributed by atoms with Crippen molar-refractivity contribution < 1.29 is 13.7 Å². The van der Waals surface area contributed by atoms with Gasteiger partial charge in [0.1, 0.15) is 5.82 Å². The van der Waals surface area contributed by atoms with Gasteiger partial charge < -0.3 is 9.26 Å². The summed E-state index contributed by atoms with van der Waals surface area (Å²) in [6.45, 7) is 1.29. The maximum atomic E-state index is 13.5. The lowest BCUT2D eigenvalue weighted by atomic mass is 9.74. The Labute approximate surface area is 139 Å². The molecule has 24 heavy (non-hydrogen) atoms. The molecule has 5 heteroatoms. The maximum absolute atomic E-state index is 13.5. The van der Waals surface area contributed by atoms with Crippen LogP contribution in [0.15, 0.2) is 59.1 Å². The number of nitrogens with zero attached hydrogens (tertiary/aromatic N) is 2. The van der Waals surface area contributed by atoms with E-state index < -0.39 is 0 Å². The highest BCUT2D eigenvalue weighted by atomic mass is 19.1. The maximum Gasteiger partial charge on any atom is 0.237 e. The van der Waals surface area contributed by atoms with Crippen molar-refractivity contribution in [3.63, 3.8) is 0 Å². The van der Waals surface area contributed by atoms with Gasteiger partial charge >= 0.3 is 0 Å². The second-order valence-corrected chi connectivity index (χ2v) is 5.99. The first-order valence-corrected chi connectivity index (χ1v) is 8.01. The van der Waals surface area contributed by atoms with E-state index in [1.165, 1.54) is 12.1 Å². The number of ether oxygens (including phenoxy) is 1. The second kappa shape index (κ2) is 6.17. The van der Waals surface area contributed by atoms with Crippen LogP contribution in [0.5, 0.6) is 0 Å². The molecule has 1 aromatic heterocycles. The highest BCUT2D eigenvalue weighted by Crippen LogP contribution is 2.40. The lowest BCUT2D eigenvalue weighted by Crippen LogP contribution is -2.35. The van der Waals surface area contributed by atoms with E-state index in [1.807, 2.05) is 18.2 Å². The van der Waals surface area contributed by atoms with Crippen molar-refractivity contribution in [1.82, 2.24) is 10.1 Å². The number of rotatable bonds is 3. The van der Waals surface area contributed by atoms with Crippen LogP contribution in [0.1, 0.15) is 24.3 Å². The van der Waals surface area contributed by atoms with Gasteiger partial charge in [0.05, 0.1) is 5.41 Å². The zero-order valence-corrected chi connectivity index (χ0v) is 13.1. The van der Waals surface area contributed by atoms with Gasteiger partial charge in [0.2, 0.25) is 11.7 Å². The molecule has 4 rings (SSSR count). The number of benzene rings is 2. The van der Waals surface area contributed by atoms with Gasteiger partial charge in [-0.15, -0.1) is 0 Å². The minimum absolute atomic E-state index is 0.317. The predicted octanol–water partition coefficient (Wildman–Crippen LogP) is 3.97. The van der Waals surface area contributed by atoms with Gasteiger partial charge in [0, 0.05) is 18.8 Å². The van der Waals surface area contributed by atoms with Crippen molar-refractivity contribution in [1.29, 1.82) is 0 Å². The van der Waals surface area contributed by atoms with Gasteiger partial charge in [-0.25, -0.2) is 4.39 Å². The van der Waals surface area contributed by atoms with Crippen LogP contribution in [0.3, 0.4) is 0 Å². The van der Waals surface area contributed by atoms with E-state index in [-0.39, 0.29) is 11.2 Å². The highest BCUT2D eigenvalue weighted by Gasteiger charge is 2.41. The van der Waals surface area contributed by atoms with E-state index in [9.17, 15) is 4.39 Å². The van der Waals surface area contributed by atoms with Crippen molar-refractivity contribution in [2.75, 3.05) is 13.2 Å². The van der Waals surface area contributed by atoms with Crippen molar-refractivity contribution >= 4 is 0 Å². The van der Waals surface area contributed by atoms with E-state index in [0.29, 0.717) is 30.5 Å². The summed E-state index contributed by atoms with van der Waals surface area (Å²) in [4.78, 5) is 4.59. The molecule has 122 valence electrons. The van der Waals surface area contributed by atoms with Gasteiger partial charge in [-0.1, -0.05) is 47.6 Å². The summed E-state index contributed by atoms with van der Waals surface area (Å²) in [6, 6.07) is 16.4. The van der Waals surface area contributed by atoms with Crippen molar-refractivity contribution in [3.8, 4) is 11.4 Å². The Kier molecular flexibility index (Phi) is 3.86. The Balaban J connectivity index is 1.77. The molecule has 1 aliphatic heterocycles. The highest BCUT2D eigenvalue weighted by molar-refractivity contribution is 5.54. The summed E-state index contributed by atoms with van der Waals surface area (Å²) in [5.41, 5.74) is 1.40. The molecule has 0 amide bonds. The average molecular weight is 324 g/mol. The second-order valence-electron chi connectivity index (χ2n) is 5.99. The molecule has 0 radical (unpaired) electrons. The van der Waals surface area contributed by atoms with Crippen LogP contribution in [-0.4, -0.2) is 23.4 Å². The fraction of sp³-hybridized carbons (Fsp3) is 0.263. The average Bonchev–Trinajstić information content (AvgIpc) is 3.14. The molecule has 1 aliphatic rings. The van der Waals surface area contributed by atoms with Crippen molar-refractivity contribution in [2.45, 2.75) is 18.3 Å². The molecule has 2 aromatic carbocycles. The number of hydrogen-bond acceptors (Lipinski definition) is 4. The van der Waals surface area contributed by atoms with Crippen LogP contribution >= 0.6 is 0 Å². The molecule has 4 nitrogen and oxygen atoms in total. The molecule has 0 unspecified atom stereocenters. The summed E-state index contributed by atoms with van der Waals surface area (Å²) < 4.78 is 24.6. The number of hydrogen-bond donors (Lipinski definition) is 0. The van der Waals surface area contributed by atoms with Gasteiger partial charge in [-0.05, 0) is 30.5 Å². The molecule has 1 fully saturated rings. The normalized spacial score (nSPS) is 16.9. The summed E-state index contributed by atoms with van der Waals surface area (Å²) in [5.74, 6) is 0.658. The molecule has 0 saturated carbocycles. The topological polar surface area (TPSA) is 48.2 Å². The molecule has 3 aromatic rings. The Morgan fingerprint density at radius 1 is 0.958 bits per heavy atom. The third-order valence-corrected chi connectivity index (χ3v) is 4.59. The van der Waals surface area contributed by atoms with E-state index >= 15 is 0 Å². The van der Waals surface area contributed by atoms with Crippen molar-refractivity contribution in [2.24, 2.45) is 0 Å². The molecule has 0 spiro atoms. The molecule has 2 heterocycles. The van der Waals surface area contributed by atoms with Crippen LogP contribution in [0, 0.1) is 5.82 Å². The molecular weight excluding hydrogens is 307 g/mol. The minimum Gasteiger partial charge on any atom is -0.381 e. The van der Waals surface area contributed by atoms with E-state index in [0.717, 1.165) is 18.4 Å². The van der Waals surface area contributed by atoms with Crippen LogP contribution in [0.4, 0.5) is 4.39 Å². The van der Waals surface area contributed by atoms with Crippen LogP contribution in [0.25, 0.3) is 11.4 Å². The summed E-state index contributed by atoms with van der Waals surface area (Å²) >= 11 is 0. The summed E-state index contributed by atoms with van der Waals surface area (Å²) in [7, 11) is 0. The Hall–Kier alpha value is -2.53. The number of halogens is 1. The standard InChI is InChI=1S/C19H17FN2O2/c20-16-8-4-5-14(13-16)17-21-18(24-22-17)19(9-11-23-12-10-19)15-6-2-1-3-7-15/h1-8,13H,9-12H2. The van der Waals surface area contributed by atoms with E-state index in [2.05, 4.69) is 22.3 Å². The smallest absolute Gasteiger partial charge is 0.237 e. The van der Waals surface area contributed by atoms with E-state index in [4.69, 9.17) is 9.26 Å². The lowest BCUT2D eigenvalue weighted by molar-refractivity contribution is 0.0523. The Bertz CT molecular complexity index is 826. The first-order chi connectivity index (χ1) is 11.8. The first kappa shape index (κ1) is 15.0. The summed E-state index contributed by atoms with van der Waals surface area (Å²) in [5, 5.41) is 4.08. The van der Waals surface area contributed by atoms with Crippen LogP contribution in [-0.2, 0) is 10.2 Å². The predicted molar refractivity (Wildman–Crippen MR) is 87.0 cm³/mol. The fourth-order valence-corrected chi connectivity index (χ4v) is 3.27. The lowest BCUT2D eigenvalue weighted by Gasteiger charge is -2.34. The molecule has 0 aliphatic carbocycles. The zero-order valence-electron chi connectivity index (χ0n) is 13.1. The van der Waals surface area contributed by atoms with E-state index in [1.54, 1.807) is 12.1 Å². The Morgan fingerprint density at radius 3 is 2.50 bits per heavy atom. The zero-order chi connectivity index (χ0) is 16.4. The molecule has 0 bridgehead atoms. The number of aromatic nitrogens is 2. The first-order valence-electron chi connectivity index (χ1n) is 8.01. The fourth-order valence-electron chi connectivity index (χ4n) is 3.27. The summed E-state index contributed by atoms with van der Waals surface area (Å²) in [6.07, 6.45) is 1.56. The molecule has 0 atom stereocenters. The monoisotopic (exact) mass is 324 g/mol. The third-order valence-electron chi connectivity index (χ3n) is 4.59. The van der Waals surface area contributed by atoms with Crippen LogP contribution in [0.2, 0.25) is 0 Å². The Morgan fingerprint density at radius 2 is 1.75 bits per heavy atom. The largest absolute Gasteiger partial charge is 0.381 e. The van der Waals surface area contributed by atoms with Crippen molar-refractivity contribution in [3.05, 3.63) is 71.9 Å². The molecule has 0 N–H and O–H groups in total. The third kappa shape index (κ3) is 2.61. The quantitative estimate of drug-likeness (QED) is 0.731. The van der Waals surface area contributed by atoms with Crippen LogP contribution < -0.4 is 0 Å². The van der Waals surface area contributed by atoms with Gasteiger partial charge in [0.15, 0.2) is 0 Å².